The van der Waals surface area contributed by atoms with Gasteiger partial charge in [-0.2, -0.15) is 0 Å². The maximum atomic E-state index is 11.6. The molecule has 0 fully saturated rings. The number of carboxylic acids is 1. The number of carbonyl (C=O) groups is 2. The third kappa shape index (κ3) is 8.73. The molecule has 0 radical (unpaired) electrons. The summed E-state index contributed by atoms with van der Waals surface area (Å²) in [5.74, 6) is -1.52. The Morgan fingerprint density at radius 1 is 1.00 bits per heavy atom. The minimum Gasteiger partial charge on any atom is -0.481 e. The van der Waals surface area contributed by atoms with E-state index in [1.807, 2.05) is 6.92 Å². The number of methoxy groups -OCH3 is 1. The van der Waals surface area contributed by atoms with Crippen molar-refractivity contribution in [3.63, 3.8) is 0 Å². The molecule has 0 heterocycles. The molecule has 0 spiro atoms. The van der Waals surface area contributed by atoms with Crippen LogP contribution in [0.3, 0.4) is 0 Å². The first-order chi connectivity index (χ1) is 9.52. The van der Waals surface area contributed by atoms with E-state index in [4.69, 9.17) is 5.11 Å². The topological polar surface area (TPSA) is 63.6 Å². The minimum absolute atomic E-state index is 0.255. The van der Waals surface area contributed by atoms with Gasteiger partial charge in [-0.25, -0.2) is 4.79 Å². The van der Waals surface area contributed by atoms with Crippen LogP contribution >= 0.6 is 0 Å². The molecule has 0 rings (SSSR count). The van der Waals surface area contributed by atoms with Gasteiger partial charge in [0.25, 0.3) is 0 Å². The number of hydrogen-bond donors (Lipinski definition) is 1. The number of ether oxygens (including phenoxy) is 1. The highest BCUT2D eigenvalue weighted by Crippen LogP contribution is 2.18. The van der Waals surface area contributed by atoms with E-state index in [2.05, 4.69) is 11.7 Å². The van der Waals surface area contributed by atoms with Crippen LogP contribution in [0, 0.1) is 0 Å². The van der Waals surface area contributed by atoms with Crippen LogP contribution in [-0.2, 0) is 14.3 Å². The van der Waals surface area contributed by atoms with Crippen LogP contribution in [0.4, 0.5) is 0 Å². The number of esters is 1. The van der Waals surface area contributed by atoms with Gasteiger partial charge in [-0.15, -0.1) is 0 Å². The van der Waals surface area contributed by atoms with Gasteiger partial charge in [-0.3, -0.25) is 4.79 Å². The van der Waals surface area contributed by atoms with Gasteiger partial charge in [0.05, 0.1) is 13.5 Å². The van der Waals surface area contributed by atoms with Crippen molar-refractivity contribution in [2.45, 2.75) is 71.6 Å². The Morgan fingerprint density at radius 3 is 2.05 bits per heavy atom. The second-order valence-corrected chi connectivity index (χ2v) is 5.19. The summed E-state index contributed by atoms with van der Waals surface area (Å²) in [6.07, 6.45) is 8.94. The molecule has 20 heavy (non-hydrogen) atoms. The molecule has 0 saturated carbocycles. The zero-order valence-corrected chi connectivity index (χ0v) is 13.0. The number of carboxylic acid groups (broad SMARTS) is 1. The van der Waals surface area contributed by atoms with Gasteiger partial charge in [0.2, 0.25) is 0 Å². The monoisotopic (exact) mass is 284 g/mol. The first-order valence-electron chi connectivity index (χ1n) is 7.51. The van der Waals surface area contributed by atoms with Gasteiger partial charge in [0.1, 0.15) is 0 Å². The Morgan fingerprint density at radius 2 is 1.55 bits per heavy atom. The van der Waals surface area contributed by atoms with Crippen molar-refractivity contribution in [3.05, 3.63) is 11.1 Å². The van der Waals surface area contributed by atoms with Crippen LogP contribution in [0.1, 0.15) is 71.6 Å². The second-order valence-electron chi connectivity index (χ2n) is 5.19. The predicted molar refractivity (Wildman–Crippen MR) is 79.6 cm³/mol. The second kappa shape index (κ2) is 11.5. The zero-order chi connectivity index (χ0) is 15.4. The van der Waals surface area contributed by atoms with Crippen LogP contribution in [0.2, 0.25) is 0 Å². The summed E-state index contributed by atoms with van der Waals surface area (Å²) in [7, 11) is 1.28. The number of rotatable bonds is 11. The summed E-state index contributed by atoms with van der Waals surface area (Å²) in [6.45, 7) is 4.03. The average molecular weight is 284 g/mol. The lowest BCUT2D eigenvalue weighted by Crippen LogP contribution is -2.11. The van der Waals surface area contributed by atoms with E-state index in [0.717, 1.165) is 24.8 Å². The quantitative estimate of drug-likeness (QED) is 0.352. The van der Waals surface area contributed by atoms with E-state index >= 15 is 0 Å². The van der Waals surface area contributed by atoms with Crippen molar-refractivity contribution in [1.82, 2.24) is 0 Å². The molecule has 1 N–H and O–H groups in total. The summed E-state index contributed by atoms with van der Waals surface area (Å²) in [6, 6.07) is 0. The molecule has 0 bridgehead atoms. The molecule has 0 aromatic carbocycles. The Kier molecular flexibility index (Phi) is 10.7. The lowest BCUT2D eigenvalue weighted by atomic mass is 10.00. The highest BCUT2D eigenvalue weighted by atomic mass is 16.5. The largest absolute Gasteiger partial charge is 0.481 e. The molecule has 0 saturated heterocycles. The van der Waals surface area contributed by atoms with Crippen molar-refractivity contribution in [2.24, 2.45) is 0 Å². The van der Waals surface area contributed by atoms with Gasteiger partial charge in [0, 0.05) is 5.57 Å². The van der Waals surface area contributed by atoms with Crippen molar-refractivity contribution in [3.8, 4) is 0 Å². The number of allylic oxidation sites excluding steroid dienone is 1. The SMILES string of the molecule is CCCCCCCCC/C(C)=C(/CC(=O)O)C(=O)OC. The molecule has 116 valence electrons. The maximum absolute atomic E-state index is 11.6. The van der Waals surface area contributed by atoms with E-state index in [0.29, 0.717) is 5.57 Å². The lowest BCUT2D eigenvalue weighted by molar-refractivity contribution is -0.141. The first-order valence-corrected chi connectivity index (χ1v) is 7.51. The smallest absolute Gasteiger partial charge is 0.334 e. The van der Waals surface area contributed by atoms with Gasteiger partial charge in [-0.05, 0) is 19.8 Å². The predicted octanol–water partition coefficient (Wildman–Crippen LogP) is 4.09. The maximum Gasteiger partial charge on any atom is 0.334 e. The fourth-order valence-corrected chi connectivity index (χ4v) is 2.17. The molecule has 0 aromatic heterocycles. The summed E-state index contributed by atoms with van der Waals surface area (Å²) >= 11 is 0. The van der Waals surface area contributed by atoms with Crippen LogP contribution < -0.4 is 0 Å². The normalized spacial score (nSPS) is 11.9. The van der Waals surface area contributed by atoms with Crippen molar-refractivity contribution >= 4 is 11.9 Å². The van der Waals surface area contributed by atoms with E-state index in [9.17, 15) is 9.59 Å². The summed E-state index contributed by atoms with van der Waals surface area (Å²) in [5, 5.41) is 8.83. The number of carbonyl (C=O) groups excluding carboxylic acids is 1. The Labute approximate surface area is 122 Å². The van der Waals surface area contributed by atoms with Crippen LogP contribution in [0.25, 0.3) is 0 Å². The van der Waals surface area contributed by atoms with Gasteiger partial charge in [-0.1, -0.05) is 51.0 Å². The van der Waals surface area contributed by atoms with E-state index in [-0.39, 0.29) is 6.42 Å². The molecule has 4 heteroatoms. The van der Waals surface area contributed by atoms with Crippen LogP contribution in [-0.4, -0.2) is 24.2 Å². The van der Waals surface area contributed by atoms with E-state index in [1.165, 1.54) is 39.2 Å². The molecule has 0 atom stereocenters. The van der Waals surface area contributed by atoms with E-state index < -0.39 is 11.9 Å². The number of hydrogen-bond acceptors (Lipinski definition) is 3. The van der Waals surface area contributed by atoms with Gasteiger partial charge < -0.3 is 9.84 Å². The fraction of sp³-hybridized carbons (Fsp3) is 0.750. The molecule has 0 amide bonds. The Bertz CT molecular complexity index is 331. The van der Waals surface area contributed by atoms with Crippen molar-refractivity contribution in [1.29, 1.82) is 0 Å². The average Bonchev–Trinajstić information content (AvgIpc) is 2.42. The molecule has 0 aliphatic rings. The standard InChI is InChI=1S/C16H28O4/c1-4-5-6-7-8-9-10-11-13(2)14(12-15(17)18)16(19)20-3/h4-12H2,1-3H3,(H,17,18)/b14-13-. The molecule has 4 nitrogen and oxygen atoms in total. The van der Waals surface area contributed by atoms with Gasteiger partial charge in [0.15, 0.2) is 0 Å². The van der Waals surface area contributed by atoms with Gasteiger partial charge >= 0.3 is 11.9 Å². The minimum atomic E-state index is -0.996. The summed E-state index contributed by atoms with van der Waals surface area (Å²) in [4.78, 5) is 22.3. The van der Waals surface area contributed by atoms with Crippen LogP contribution in [0.15, 0.2) is 11.1 Å². The Balaban J connectivity index is 4.15. The lowest BCUT2D eigenvalue weighted by Gasteiger charge is -2.09. The van der Waals surface area contributed by atoms with Crippen molar-refractivity contribution < 1.29 is 19.4 Å². The van der Waals surface area contributed by atoms with Crippen LogP contribution in [0.5, 0.6) is 0 Å². The van der Waals surface area contributed by atoms with E-state index in [1.54, 1.807) is 0 Å². The fourth-order valence-electron chi connectivity index (χ4n) is 2.17. The number of aliphatic carboxylic acids is 1. The highest BCUT2D eigenvalue weighted by Gasteiger charge is 2.16. The molecule has 0 aliphatic heterocycles. The van der Waals surface area contributed by atoms with Crippen molar-refractivity contribution in [2.75, 3.05) is 7.11 Å². The molecular weight excluding hydrogens is 256 g/mol. The molecule has 0 aliphatic carbocycles. The molecular formula is C16H28O4. The summed E-state index contributed by atoms with van der Waals surface area (Å²) < 4.78 is 4.65. The third-order valence-electron chi connectivity index (χ3n) is 3.43. The number of unbranched alkanes of at least 4 members (excludes halogenated alkanes) is 6. The Hall–Kier alpha value is -1.32. The first kappa shape index (κ1) is 18.7. The zero-order valence-electron chi connectivity index (χ0n) is 13.0. The summed E-state index contributed by atoms with van der Waals surface area (Å²) in [5.41, 5.74) is 1.14. The highest BCUT2D eigenvalue weighted by molar-refractivity contribution is 5.94. The molecule has 0 aromatic rings. The third-order valence-corrected chi connectivity index (χ3v) is 3.43. The molecule has 0 unspecified atom stereocenters.